The van der Waals surface area contributed by atoms with E-state index in [-0.39, 0.29) is 24.3 Å². The highest BCUT2D eigenvalue weighted by molar-refractivity contribution is 5.78. The van der Waals surface area contributed by atoms with Gasteiger partial charge in [-0.2, -0.15) is 0 Å². The van der Waals surface area contributed by atoms with Crippen LogP contribution in [0.4, 0.5) is 4.39 Å². The molecule has 5 nitrogen and oxygen atoms in total. The largest absolute Gasteiger partial charge is 0.467 e. The summed E-state index contributed by atoms with van der Waals surface area (Å²) in [4.78, 5) is 14.0. The Bertz CT molecular complexity index is 642. The lowest BCUT2D eigenvalue weighted by atomic mass is 10.0. The Labute approximate surface area is 133 Å². The van der Waals surface area contributed by atoms with Gasteiger partial charge >= 0.3 is 0 Å². The predicted octanol–water partition coefficient (Wildman–Crippen LogP) is 1.84. The number of carbonyl (C=O) groups is 1. The molecule has 1 aliphatic rings. The number of aliphatic hydroxyl groups excluding tert-OH is 1. The highest BCUT2D eigenvalue weighted by Crippen LogP contribution is 2.31. The second kappa shape index (κ2) is 6.93. The molecular weight excluding hydrogens is 299 g/mol. The Morgan fingerprint density at radius 2 is 2.13 bits per heavy atom. The highest BCUT2D eigenvalue weighted by Gasteiger charge is 2.33. The van der Waals surface area contributed by atoms with Crippen molar-refractivity contribution in [2.75, 3.05) is 13.1 Å². The lowest BCUT2D eigenvalue weighted by molar-refractivity contribution is -0.122. The van der Waals surface area contributed by atoms with Crippen LogP contribution in [0, 0.1) is 5.82 Å². The number of benzene rings is 1. The number of β-amino-alcohol motifs (C(OH)–C–C–N with tert-alkyl or cyclic N) is 1. The van der Waals surface area contributed by atoms with Crippen molar-refractivity contribution in [2.24, 2.45) is 0 Å². The second-order valence-corrected chi connectivity index (χ2v) is 5.74. The Morgan fingerprint density at radius 3 is 2.83 bits per heavy atom. The van der Waals surface area contributed by atoms with Crippen molar-refractivity contribution in [1.82, 2.24) is 10.2 Å². The van der Waals surface area contributed by atoms with E-state index in [1.807, 2.05) is 4.90 Å². The molecular formula is C17H19FN2O3. The van der Waals surface area contributed by atoms with Crippen molar-refractivity contribution in [3.05, 3.63) is 59.8 Å². The van der Waals surface area contributed by atoms with E-state index in [1.165, 1.54) is 12.1 Å². The van der Waals surface area contributed by atoms with E-state index in [2.05, 4.69) is 5.32 Å². The summed E-state index contributed by atoms with van der Waals surface area (Å²) in [5.41, 5.74) is 0.904. The number of halogens is 1. The van der Waals surface area contributed by atoms with Crippen molar-refractivity contribution < 1.29 is 18.7 Å². The normalized spacial score (nSPS) is 21.5. The monoisotopic (exact) mass is 318 g/mol. The minimum atomic E-state index is -0.483. The summed E-state index contributed by atoms with van der Waals surface area (Å²) in [5, 5.41) is 12.7. The van der Waals surface area contributed by atoms with Crippen LogP contribution in [0.3, 0.4) is 0 Å². The Hall–Kier alpha value is -2.18. The van der Waals surface area contributed by atoms with Crippen molar-refractivity contribution in [3.8, 4) is 0 Å². The fourth-order valence-corrected chi connectivity index (χ4v) is 2.93. The van der Waals surface area contributed by atoms with Crippen LogP contribution in [0.25, 0.3) is 0 Å². The zero-order chi connectivity index (χ0) is 16.2. The van der Waals surface area contributed by atoms with Crippen LogP contribution in [-0.2, 0) is 11.3 Å². The molecule has 0 bridgehead atoms. The van der Waals surface area contributed by atoms with Gasteiger partial charge in [-0.15, -0.1) is 0 Å². The molecule has 0 spiro atoms. The smallest absolute Gasteiger partial charge is 0.234 e. The van der Waals surface area contributed by atoms with Crippen molar-refractivity contribution in [2.45, 2.75) is 25.1 Å². The number of aliphatic hydroxyl groups is 1. The number of likely N-dealkylation sites (tertiary alicyclic amines) is 1. The SMILES string of the molecule is O=C(CN1C[C@H](O)C[C@H]1c1ccc(F)cc1)NCc1ccco1. The molecule has 6 heteroatoms. The average Bonchev–Trinajstić information content (AvgIpc) is 3.16. The summed E-state index contributed by atoms with van der Waals surface area (Å²) in [5.74, 6) is 0.257. The Morgan fingerprint density at radius 1 is 1.35 bits per heavy atom. The van der Waals surface area contributed by atoms with E-state index < -0.39 is 6.10 Å². The molecule has 2 atom stereocenters. The van der Waals surface area contributed by atoms with E-state index in [0.29, 0.717) is 25.3 Å². The molecule has 0 aliphatic carbocycles. The summed E-state index contributed by atoms with van der Waals surface area (Å²) >= 11 is 0. The van der Waals surface area contributed by atoms with Crippen LogP contribution >= 0.6 is 0 Å². The molecule has 0 unspecified atom stereocenters. The maximum absolute atomic E-state index is 13.1. The number of amides is 1. The third-order valence-electron chi connectivity index (χ3n) is 4.02. The first kappa shape index (κ1) is 15.7. The molecule has 0 saturated carbocycles. The summed E-state index contributed by atoms with van der Waals surface area (Å²) in [6.45, 7) is 0.944. The topological polar surface area (TPSA) is 65.7 Å². The first-order valence-corrected chi connectivity index (χ1v) is 7.58. The summed E-state index contributed by atoms with van der Waals surface area (Å²) in [6.07, 6.45) is 1.61. The molecule has 23 heavy (non-hydrogen) atoms. The molecule has 2 N–H and O–H groups in total. The molecule has 2 aromatic rings. The van der Waals surface area contributed by atoms with Gasteiger partial charge in [0.25, 0.3) is 0 Å². The molecule has 3 rings (SSSR count). The third kappa shape index (κ3) is 3.97. The summed E-state index contributed by atoms with van der Waals surface area (Å²) in [6, 6.07) is 9.67. The highest BCUT2D eigenvalue weighted by atomic mass is 19.1. The number of hydrogen-bond acceptors (Lipinski definition) is 4. The van der Waals surface area contributed by atoms with Crippen molar-refractivity contribution in [1.29, 1.82) is 0 Å². The summed E-state index contributed by atoms with van der Waals surface area (Å²) in [7, 11) is 0. The van der Waals surface area contributed by atoms with Gasteiger partial charge in [0.05, 0.1) is 25.5 Å². The number of nitrogens with zero attached hydrogens (tertiary/aromatic N) is 1. The van der Waals surface area contributed by atoms with Gasteiger partial charge in [-0.25, -0.2) is 4.39 Å². The van der Waals surface area contributed by atoms with Crippen molar-refractivity contribution >= 4 is 5.91 Å². The molecule has 1 saturated heterocycles. The van der Waals surface area contributed by atoms with E-state index in [4.69, 9.17) is 4.42 Å². The molecule has 2 heterocycles. The number of hydrogen-bond donors (Lipinski definition) is 2. The van der Waals surface area contributed by atoms with Crippen LogP contribution in [0.2, 0.25) is 0 Å². The molecule has 1 aromatic heterocycles. The quantitative estimate of drug-likeness (QED) is 0.883. The summed E-state index contributed by atoms with van der Waals surface area (Å²) < 4.78 is 18.2. The van der Waals surface area contributed by atoms with Crippen LogP contribution in [0.5, 0.6) is 0 Å². The number of furan rings is 1. The van der Waals surface area contributed by atoms with Crippen molar-refractivity contribution in [3.63, 3.8) is 0 Å². The van der Waals surface area contributed by atoms with Gasteiger partial charge in [-0.3, -0.25) is 9.69 Å². The standard InChI is InChI=1S/C17H19FN2O3/c18-13-5-3-12(4-6-13)16-8-14(21)10-20(16)11-17(22)19-9-15-2-1-7-23-15/h1-7,14,16,21H,8-11H2,(H,19,22)/t14-,16+/m1/s1. The van der Waals surface area contributed by atoms with Gasteiger partial charge in [0.2, 0.25) is 5.91 Å². The van der Waals surface area contributed by atoms with Gasteiger partial charge in [-0.05, 0) is 36.2 Å². The second-order valence-electron chi connectivity index (χ2n) is 5.74. The zero-order valence-electron chi connectivity index (χ0n) is 12.6. The first-order chi connectivity index (χ1) is 11.1. The van der Waals surface area contributed by atoms with Crippen LogP contribution in [0.15, 0.2) is 47.1 Å². The average molecular weight is 318 g/mol. The van der Waals surface area contributed by atoms with Crippen LogP contribution < -0.4 is 5.32 Å². The predicted molar refractivity (Wildman–Crippen MR) is 81.9 cm³/mol. The van der Waals surface area contributed by atoms with Gasteiger partial charge in [0.15, 0.2) is 0 Å². The number of rotatable bonds is 5. The van der Waals surface area contributed by atoms with Gasteiger partial charge < -0.3 is 14.8 Å². The van der Waals surface area contributed by atoms with E-state index >= 15 is 0 Å². The number of nitrogens with one attached hydrogen (secondary N) is 1. The number of carbonyl (C=O) groups excluding carboxylic acids is 1. The lowest BCUT2D eigenvalue weighted by Gasteiger charge is -2.23. The minimum absolute atomic E-state index is 0.0834. The third-order valence-corrected chi connectivity index (χ3v) is 4.02. The molecule has 1 aromatic carbocycles. The maximum atomic E-state index is 13.1. The Balaban J connectivity index is 1.60. The molecule has 0 radical (unpaired) electrons. The van der Waals surface area contributed by atoms with E-state index in [1.54, 1.807) is 30.5 Å². The van der Waals surface area contributed by atoms with Crippen LogP contribution in [-0.4, -0.2) is 35.1 Å². The molecule has 122 valence electrons. The van der Waals surface area contributed by atoms with Gasteiger partial charge in [0, 0.05) is 12.6 Å². The lowest BCUT2D eigenvalue weighted by Crippen LogP contribution is -2.37. The maximum Gasteiger partial charge on any atom is 0.234 e. The van der Waals surface area contributed by atoms with E-state index in [9.17, 15) is 14.3 Å². The zero-order valence-corrected chi connectivity index (χ0v) is 12.6. The first-order valence-electron chi connectivity index (χ1n) is 7.58. The Kier molecular flexibility index (Phi) is 4.73. The minimum Gasteiger partial charge on any atom is -0.467 e. The van der Waals surface area contributed by atoms with Crippen LogP contribution in [0.1, 0.15) is 23.8 Å². The van der Waals surface area contributed by atoms with E-state index in [0.717, 1.165) is 5.56 Å². The molecule has 1 amide bonds. The van der Waals surface area contributed by atoms with Gasteiger partial charge in [0.1, 0.15) is 11.6 Å². The fourth-order valence-electron chi connectivity index (χ4n) is 2.93. The molecule has 1 fully saturated rings. The fraction of sp³-hybridized carbons (Fsp3) is 0.353. The molecule has 1 aliphatic heterocycles. The van der Waals surface area contributed by atoms with Gasteiger partial charge in [-0.1, -0.05) is 12.1 Å².